The highest BCUT2D eigenvalue weighted by Crippen LogP contribution is 2.13. The molecular weight excluding hydrogens is 620 g/mol. The SMILES string of the molecule is CC/C=C\C/C=C\C/C=C\C/C=C\C/C=C\C/C=C\CCC(=O)O[C@H](COCCCCCCCCCCCCCCCC)COC(=O)CCC. The molecule has 0 unspecified atom stereocenters. The van der Waals surface area contributed by atoms with Crippen LogP contribution in [0.3, 0.4) is 0 Å². The fourth-order valence-electron chi connectivity index (χ4n) is 5.28. The lowest BCUT2D eigenvalue weighted by Gasteiger charge is -2.18. The molecule has 0 aliphatic rings. The topological polar surface area (TPSA) is 61.8 Å². The quantitative estimate of drug-likeness (QED) is 0.0371. The van der Waals surface area contributed by atoms with E-state index in [9.17, 15) is 9.59 Å². The molecule has 0 aliphatic heterocycles. The molecular formula is C45H76O5. The van der Waals surface area contributed by atoms with Gasteiger partial charge in [0.1, 0.15) is 6.61 Å². The smallest absolute Gasteiger partial charge is 0.306 e. The largest absolute Gasteiger partial charge is 0.462 e. The molecule has 0 aliphatic carbocycles. The van der Waals surface area contributed by atoms with E-state index in [-0.39, 0.29) is 25.2 Å². The molecule has 0 saturated carbocycles. The highest BCUT2D eigenvalue weighted by Gasteiger charge is 2.17. The first-order valence-electron chi connectivity index (χ1n) is 20.5. The van der Waals surface area contributed by atoms with Crippen LogP contribution in [0.25, 0.3) is 0 Å². The van der Waals surface area contributed by atoms with Crippen LogP contribution < -0.4 is 0 Å². The van der Waals surface area contributed by atoms with Gasteiger partial charge in [-0.1, -0.05) is 177 Å². The number of ether oxygens (including phenoxy) is 3. The Labute approximate surface area is 308 Å². The minimum Gasteiger partial charge on any atom is -0.462 e. The standard InChI is InChI=1S/C45H76O5/c1-4-7-9-11-13-15-17-19-21-22-23-24-25-26-28-30-32-34-36-39-45(47)50-43(42-49-44(46)38-6-3)41-48-40-37-35-33-31-29-27-20-18-16-14-12-10-8-5-2/h7,9,13,15,19,21,23-24,26,28,32,34,43H,4-6,8,10-12,14,16-18,20,22,25,27,29-31,33,35-42H2,1-3H3/b9-7-,15-13-,21-19-,24-23-,28-26-,34-32-/t43-/m1/s1. The van der Waals surface area contributed by atoms with Gasteiger partial charge in [0.05, 0.1) is 6.61 Å². The van der Waals surface area contributed by atoms with Crippen molar-refractivity contribution in [3.8, 4) is 0 Å². The zero-order valence-corrected chi connectivity index (χ0v) is 32.6. The van der Waals surface area contributed by atoms with Crippen LogP contribution in [0, 0.1) is 0 Å². The lowest BCUT2D eigenvalue weighted by Crippen LogP contribution is -2.30. The monoisotopic (exact) mass is 697 g/mol. The summed E-state index contributed by atoms with van der Waals surface area (Å²) in [6.45, 7) is 7.29. The fraction of sp³-hybridized carbons (Fsp3) is 0.689. The Morgan fingerprint density at radius 1 is 0.460 bits per heavy atom. The van der Waals surface area contributed by atoms with Gasteiger partial charge in [0.15, 0.2) is 6.10 Å². The minimum atomic E-state index is -0.569. The van der Waals surface area contributed by atoms with E-state index >= 15 is 0 Å². The molecule has 0 saturated heterocycles. The molecule has 0 rings (SSSR count). The van der Waals surface area contributed by atoms with Crippen molar-refractivity contribution in [3.05, 3.63) is 72.9 Å². The van der Waals surface area contributed by atoms with E-state index in [1.807, 2.05) is 13.0 Å². The van der Waals surface area contributed by atoms with Crippen LogP contribution in [-0.2, 0) is 23.8 Å². The molecule has 50 heavy (non-hydrogen) atoms. The summed E-state index contributed by atoms with van der Waals surface area (Å²) < 4.78 is 16.8. The fourth-order valence-corrected chi connectivity index (χ4v) is 5.28. The van der Waals surface area contributed by atoms with Crippen molar-refractivity contribution >= 4 is 11.9 Å². The van der Waals surface area contributed by atoms with Gasteiger partial charge in [0.2, 0.25) is 0 Å². The predicted molar refractivity (Wildman–Crippen MR) is 214 cm³/mol. The average Bonchev–Trinajstić information content (AvgIpc) is 3.11. The second-order valence-electron chi connectivity index (χ2n) is 13.2. The number of unbranched alkanes of at least 4 members (excludes halogenated alkanes) is 13. The molecule has 0 amide bonds. The molecule has 5 nitrogen and oxygen atoms in total. The van der Waals surface area contributed by atoms with Crippen molar-refractivity contribution in [2.75, 3.05) is 19.8 Å². The Hall–Kier alpha value is -2.66. The van der Waals surface area contributed by atoms with E-state index in [2.05, 4.69) is 80.7 Å². The first kappa shape index (κ1) is 47.3. The molecule has 1 atom stereocenters. The Morgan fingerprint density at radius 2 is 0.900 bits per heavy atom. The molecule has 5 heteroatoms. The zero-order chi connectivity index (χ0) is 36.4. The number of carbonyl (C=O) groups is 2. The van der Waals surface area contributed by atoms with Gasteiger partial charge in [-0.3, -0.25) is 9.59 Å². The Morgan fingerprint density at radius 3 is 1.36 bits per heavy atom. The van der Waals surface area contributed by atoms with Gasteiger partial charge in [-0.05, 0) is 57.8 Å². The second kappa shape index (κ2) is 40.8. The van der Waals surface area contributed by atoms with Crippen LogP contribution in [-0.4, -0.2) is 37.9 Å². The number of hydrogen-bond donors (Lipinski definition) is 0. The Balaban J connectivity index is 4.05. The van der Waals surface area contributed by atoms with Crippen LogP contribution in [0.15, 0.2) is 72.9 Å². The average molecular weight is 697 g/mol. The normalized spacial score (nSPS) is 12.9. The number of esters is 2. The molecule has 286 valence electrons. The molecule has 0 N–H and O–H groups in total. The molecule has 0 aromatic carbocycles. The van der Waals surface area contributed by atoms with Gasteiger partial charge in [0.25, 0.3) is 0 Å². The summed E-state index contributed by atoms with van der Waals surface area (Å²) in [5, 5.41) is 0. The van der Waals surface area contributed by atoms with Crippen LogP contribution in [0.1, 0.15) is 175 Å². The summed E-state index contributed by atoms with van der Waals surface area (Å²) in [5.41, 5.74) is 0. The number of allylic oxidation sites excluding steroid dienone is 12. The van der Waals surface area contributed by atoms with Gasteiger partial charge < -0.3 is 14.2 Å². The van der Waals surface area contributed by atoms with E-state index in [4.69, 9.17) is 14.2 Å². The van der Waals surface area contributed by atoms with Crippen molar-refractivity contribution in [2.45, 2.75) is 181 Å². The maximum atomic E-state index is 12.5. The summed E-state index contributed by atoms with van der Waals surface area (Å²) in [4.78, 5) is 24.4. The van der Waals surface area contributed by atoms with Gasteiger partial charge in [-0.15, -0.1) is 0 Å². The molecule has 0 fully saturated rings. The molecule has 0 bridgehead atoms. The van der Waals surface area contributed by atoms with E-state index in [1.54, 1.807) is 0 Å². The maximum absolute atomic E-state index is 12.5. The van der Waals surface area contributed by atoms with Crippen LogP contribution in [0.2, 0.25) is 0 Å². The van der Waals surface area contributed by atoms with E-state index < -0.39 is 6.10 Å². The first-order chi connectivity index (χ1) is 24.6. The lowest BCUT2D eigenvalue weighted by molar-refractivity contribution is -0.162. The summed E-state index contributed by atoms with van der Waals surface area (Å²) in [6.07, 6.45) is 51.7. The Kier molecular flexibility index (Phi) is 38.6. The first-order valence-corrected chi connectivity index (χ1v) is 20.5. The van der Waals surface area contributed by atoms with Gasteiger partial charge in [-0.25, -0.2) is 0 Å². The van der Waals surface area contributed by atoms with E-state index in [1.165, 1.54) is 77.0 Å². The van der Waals surface area contributed by atoms with Crippen molar-refractivity contribution in [1.29, 1.82) is 0 Å². The molecule has 0 radical (unpaired) electrons. The molecule has 0 aromatic rings. The summed E-state index contributed by atoms with van der Waals surface area (Å²) >= 11 is 0. The highest BCUT2D eigenvalue weighted by molar-refractivity contribution is 5.70. The van der Waals surface area contributed by atoms with Crippen molar-refractivity contribution in [2.24, 2.45) is 0 Å². The van der Waals surface area contributed by atoms with Crippen molar-refractivity contribution in [3.63, 3.8) is 0 Å². The third kappa shape index (κ3) is 38.1. The number of carbonyl (C=O) groups excluding carboxylic acids is 2. The summed E-state index contributed by atoms with van der Waals surface area (Å²) in [6, 6.07) is 0. The van der Waals surface area contributed by atoms with Crippen LogP contribution in [0.4, 0.5) is 0 Å². The zero-order valence-electron chi connectivity index (χ0n) is 32.6. The van der Waals surface area contributed by atoms with Gasteiger partial charge in [-0.2, -0.15) is 0 Å². The van der Waals surface area contributed by atoms with Crippen LogP contribution >= 0.6 is 0 Å². The van der Waals surface area contributed by atoms with Gasteiger partial charge in [0, 0.05) is 19.4 Å². The Bertz CT molecular complexity index is 926. The minimum absolute atomic E-state index is 0.0449. The summed E-state index contributed by atoms with van der Waals surface area (Å²) in [7, 11) is 0. The van der Waals surface area contributed by atoms with Crippen LogP contribution in [0.5, 0.6) is 0 Å². The second-order valence-corrected chi connectivity index (χ2v) is 13.2. The molecule has 0 spiro atoms. The number of rotatable bonds is 36. The predicted octanol–water partition coefficient (Wildman–Crippen LogP) is 13.2. The van der Waals surface area contributed by atoms with E-state index in [0.29, 0.717) is 25.9 Å². The number of hydrogen-bond acceptors (Lipinski definition) is 5. The van der Waals surface area contributed by atoms with Crippen molar-refractivity contribution < 1.29 is 23.8 Å². The third-order valence-electron chi connectivity index (χ3n) is 8.24. The highest BCUT2D eigenvalue weighted by atomic mass is 16.6. The van der Waals surface area contributed by atoms with Gasteiger partial charge >= 0.3 is 11.9 Å². The summed E-state index contributed by atoms with van der Waals surface area (Å²) in [5.74, 6) is -0.556. The van der Waals surface area contributed by atoms with E-state index in [0.717, 1.165) is 57.8 Å². The lowest BCUT2D eigenvalue weighted by atomic mass is 10.0. The van der Waals surface area contributed by atoms with Crippen molar-refractivity contribution in [1.82, 2.24) is 0 Å². The molecule has 0 aromatic heterocycles. The maximum Gasteiger partial charge on any atom is 0.306 e. The third-order valence-corrected chi connectivity index (χ3v) is 8.24. The molecule has 0 heterocycles.